The number of non-ortho nitro benzene ring substituents is 1. The number of carbonyl (C=O) groups excluding carboxylic acids is 1. The minimum Gasteiger partial charge on any atom is -0.467 e. The van der Waals surface area contributed by atoms with Crippen molar-refractivity contribution in [1.82, 2.24) is 0 Å². The predicted molar refractivity (Wildman–Crippen MR) is 93.6 cm³/mol. The van der Waals surface area contributed by atoms with E-state index < -0.39 is 16.4 Å². The van der Waals surface area contributed by atoms with Crippen molar-refractivity contribution >= 4 is 23.1 Å². The number of methoxy groups -OCH3 is 1. The summed E-state index contributed by atoms with van der Waals surface area (Å²) in [7, 11) is 1.35. The second kappa shape index (κ2) is 6.35. The van der Waals surface area contributed by atoms with E-state index >= 15 is 0 Å². The van der Waals surface area contributed by atoms with E-state index in [0.29, 0.717) is 12.1 Å². The van der Waals surface area contributed by atoms with E-state index in [1.54, 1.807) is 24.1 Å². The van der Waals surface area contributed by atoms with Crippen LogP contribution in [-0.2, 0) is 9.53 Å². The van der Waals surface area contributed by atoms with Gasteiger partial charge in [0.15, 0.2) is 5.54 Å². The lowest BCUT2D eigenvalue weighted by Gasteiger charge is -2.31. The molecule has 2 aromatic rings. The standard InChI is InChI=1S/C18H17N3O4/c1-18(17(22)25-2)12-16(13-8-10-15(11-9-13)21(23)24)19-20(18)14-6-4-3-5-7-14/h3-11H,12H2,1-2H3. The molecular formula is C18H17N3O4. The molecule has 1 atom stereocenters. The first-order chi connectivity index (χ1) is 12.0. The summed E-state index contributed by atoms with van der Waals surface area (Å²) in [5.74, 6) is -0.392. The largest absolute Gasteiger partial charge is 0.467 e. The molecule has 25 heavy (non-hydrogen) atoms. The third-order valence-electron chi connectivity index (χ3n) is 4.24. The lowest BCUT2D eigenvalue weighted by molar-refractivity contribution is -0.384. The molecule has 0 amide bonds. The fraction of sp³-hybridized carbons (Fsp3) is 0.222. The van der Waals surface area contributed by atoms with E-state index in [2.05, 4.69) is 5.10 Å². The van der Waals surface area contributed by atoms with Gasteiger partial charge in [0, 0.05) is 18.6 Å². The Bertz CT molecular complexity index is 833. The third-order valence-corrected chi connectivity index (χ3v) is 4.24. The van der Waals surface area contributed by atoms with Gasteiger partial charge >= 0.3 is 5.97 Å². The molecule has 0 aromatic heterocycles. The molecule has 0 saturated carbocycles. The lowest BCUT2D eigenvalue weighted by atomic mass is 9.92. The monoisotopic (exact) mass is 339 g/mol. The number of carbonyl (C=O) groups is 1. The van der Waals surface area contributed by atoms with Crippen LogP contribution in [0.5, 0.6) is 0 Å². The molecule has 0 spiro atoms. The number of nitrogens with zero attached hydrogens (tertiary/aromatic N) is 3. The van der Waals surface area contributed by atoms with Crippen LogP contribution >= 0.6 is 0 Å². The molecule has 1 aliphatic heterocycles. The van der Waals surface area contributed by atoms with Crippen molar-refractivity contribution in [2.24, 2.45) is 5.10 Å². The SMILES string of the molecule is COC(=O)C1(C)CC(c2ccc([N+](=O)[O-])cc2)=NN1c1ccccc1. The van der Waals surface area contributed by atoms with E-state index in [9.17, 15) is 14.9 Å². The second-order valence-corrected chi connectivity index (χ2v) is 5.94. The number of benzene rings is 2. The van der Waals surface area contributed by atoms with Crippen LogP contribution in [0.4, 0.5) is 11.4 Å². The van der Waals surface area contributed by atoms with E-state index in [-0.39, 0.29) is 5.69 Å². The number of hydrazone groups is 1. The minimum absolute atomic E-state index is 0.0120. The molecule has 7 nitrogen and oxygen atoms in total. The molecule has 0 radical (unpaired) electrons. The van der Waals surface area contributed by atoms with Crippen LogP contribution in [0.1, 0.15) is 18.9 Å². The Morgan fingerprint density at radius 1 is 1.20 bits per heavy atom. The van der Waals surface area contributed by atoms with Gasteiger partial charge in [0.2, 0.25) is 0 Å². The van der Waals surface area contributed by atoms with Gasteiger partial charge < -0.3 is 4.74 Å². The summed E-state index contributed by atoms with van der Waals surface area (Å²) in [5, 5.41) is 17.1. The summed E-state index contributed by atoms with van der Waals surface area (Å²) in [6.07, 6.45) is 0.340. The maximum atomic E-state index is 12.4. The van der Waals surface area contributed by atoms with Crippen molar-refractivity contribution in [1.29, 1.82) is 0 Å². The van der Waals surface area contributed by atoms with Crippen molar-refractivity contribution < 1.29 is 14.5 Å². The number of para-hydroxylation sites is 1. The highest BCUT2D eigenvalue weighted by atomic mass is 16.6. The maximum absolute atomic E-state index is 12.4. The number of nitro benzene ring substituents is 1. The van der Waals surface area contributed by atoms with Gasteiger partial charge in [-0.3, -0.25) is 10.1 Å². The summed E-state index contributed by atoms with van der Waals surface area (Å²) < 4.78 is 4.98. The molecule has 0 bridgehead atoms. The Morgan fingerprint density at radius 3 is 2.40 bits per heavy atom. The molecule has 1 aliphatic rings. The highest BCUT2D eigenvalue weighted by molar-refractivity contribution is 6.08. The molecule has 7 heteroatoms. The summed E-state index contributed by atoms with van der Waals surface area (Å²) in [4.78, 5) is 22.8. The van der Waals surface area contributed by atoms with E-state index in [0.717, 1.165) is 11.3 Å². The smallest absolute Gasteiger partial charge is 0.333 e. The first-order valence-corrected chi connectivity index (χ1v) is 7.72. The number of hydrogen-bond acceptors (Lipinski definition) is 6. The van der Waals surface area contributed by atoms with E-state index in [1.807, 2.05) is 30.3 Å². The summed E-state index contributed by atoms with van der Waals surface area (Å²) >= 11 is 0. The average Bonchev–Trinajstić information content (AvgIpc) is 3.00. The summed E-state index contributed by atoms with van der Waals surface area (Å²) in [6.45, 7) is 1.77. The highest BCUT2D eigenvalue weighted by Gasteiger charge is 2.47. The molecule has 128 valence electrons. The van der Waals surface area contributed by atoms with Crippen molar-refractivity contribution in [3.63, 3.8) is 0 Å². The van der Waals surface area contributed by atoms with Crippen molar-refractivity contribution in [2.45, 2.75) is 18.9 Å². The number of rotatable bonds is 4. The predicted octanol–water partition coefficient (Wildman–Crippen LogP) is 3.14. The van der Waals surface area contributed by atoms with Gasteiger partial charge in [0.05, 0.1) is 23.4 Å². The molecule has 0 fully saturated rings. The molecule has 0 aliphatic carbocycles. The number of anilines is 1. The van der Waals surface area contributed by atoms with Gasteiger partial charge in [-0.25, -0.2) is 9.80 Å². The minimum atomic E-state index is -0.979. The van der Waals surface area contributed by atoms with Gasteiger partial charge in [-0.15, -0.1) is 0 Å². The normalized spacial score (nSPS) is 19.4. The number of nitro groups is 1. The Labute approximate surface area is 144 Å². The summed E-state index contributed by atoms with van der Waals surface area (Å²) in [5.41, 5.74) is 1.21. The summed E-state index contributed by atoms with van der Waals surface area (Å²) in [6, 6.07) is 15.5. The fourth-order valence-electron chi connectivity index (χ4n) is 2.89. The molecule has 1 heterocycles. The topological polar surface area (TPSA) is 85.0 Å². The van der Waals surface area contributed by atoms with Crippen LogP contribution in [0.2, 0.25) is 0 Å². The molecule has 2 aromatic carbocycles. The van der Waals surface area contributed by atoms with Gasteiger partial charge in [-0.05, 0) is 36.8 Å². The Morgan fingerprint density at radius 2 is 1.84 bits per heavy atom. The van der Waals surface area contributed by atoms with Gasteiger partial charge in [-0.1, -0.05) is 18.2 Å². The van der Waals surface area contributed by atoms with Crippen molar-refractivity contribution in [3.05, 3.63) is 70.3 Å². The number of esters is 1. The number of hydrogen-bond donors (Lipinski definition) is 0. The third kappa shape index (κ3) is 2.96. The Balaban J connectivity index is 2.01. The van der Waals surface area contributed by atoms with Crippen LogP contribution < -0.4 is 5.01 Å². The lowest BCUT2D eigenvalue weighted by Crippen LogP contribution is -2.48. The first-order valence-electron chi connectivity index (χ1n) is 7.72. The quantitative estimate of drug-likeness (QED) is 0.485. The highest BCUT2D eigenvalue weighted by Crippen LogP contribution is 2.35. The van der Waals surface area contributed by atoms with Crippen LogP contribution in [0, 0.1) is 10.1 Å². The first kappa shape index (κ1) is 16.6. The second-order valence-electron chi connectivity index (χ2n) is 5.94. The Kier molecular flexibility index (Phi) is 4.22. The Hall–Kier alpha value is -3.22. The zero-order valence-electron chi connectivity index (χ0n) is 13.9. The molecule has 0 N–H and O–H groups in total. The van der Waals surface area contributed by atoms with Gasteiger partial charge in [0.25, 0.3) is 5.69 Å². The molecule has 0 saturated heterocycles. The fourth-order valence-corrected chi connectivity index (χ4v) is 2.89. The van der Waals surface area contributed by atoms with Crippen LogP contribution in [-0.4, -0.2) is 29.3 Å². The van der Waals surface area contributed by atoms with Crippen LogP contribution in [0.3, 0.4) is 0 Å². The zero-order chi connectivity index (χ0) is 18.0. The molecule has 1 unspecified atom stereocenters. The van der Waals surface area contributed by atoms with Gasteiger partial charge in [0.1, 0.15) is 0 Å². The number of ether oxygens (including phenoxy) is 1. The molecule has 3 rings (SSSR count). The van der Waals surface area contributed by atoms with Crippen LogP contribution in [0.25, 0.3) is 0 Å². The van der Waals surface area contributed by atoms with Crippen LogP contribution in [0.15, 0.2) is 59.7 Å². The van der Waals surface area contributed by atoms with E-state index in [1.165, 1.54) is 19.2 Å². The molecular weight excluding hydrogens is 322 g/mol. The van der Waals surface area contributed by atoms with Gasteiger partial charge in [-0.2, -0.15) is 5.10 Å². The average molecular weight is 339 g/mol. The zero-order valence-corrected chi connectivity index (χ0v) is 13.9. The van der Waals surface area contributed by atoms with E-state index in [4.69, 9.17) is 4.74 Å². The van der Waals surface area contributed by atoms with Crippen molar-refractivity contribution in [3.8, 4) is 0 Å². The maximum Gasteiger partial charge on any atom is 0.333 e. The van der Waals surface area contributed by atoms with Crippen molar-refractivity contribution in [2.75, 3.05) is 12.1 Å².